The predicted octanol–water partition coefficient (Wildman–Crippen LogP) is 8.41. The summed E-state index contributed by atoms with van der Waals surface area (Å²) in [5.74, 6) is -0.435. The average Bonchev–Trinajstić information content (AvgIpc) is 2.94. The molecule has 42 heavy (non-hydrogen) atoms. The van der Waals surface area contributed by atoms with Crippen LogP contribution in [-0.4, -0.2) is 47.9 Å². The molecular weight excluding hydrogens is 580 g/mol. The van der Waals surface area contributed by atoms with Gasteiger partial charge in [0.05, 0.1) is 32.1 Å². The van der Waals surface area contributed by atoms with Gasteiger partial charge in [-0.05, 0) is 93.5 Å². The molecule has 12 heteroatoms. The van der Waals surface area contributed by atoms with E-state index >= 15 is 0 Å². The van der Waals surface area contributed by atoms with Crippen LogP contribution in [0.25, 0.3) is 11.1 Å². The van der Waals surface area contributed by atoms with Crippen LogP contribution in [0.15, 0.2) is 42.5 Å². The third kappa shape index (κ3) is 9.27. The first kappa shape index (κ1) is 35.7. The molecule has 0 heterocycles. The minimum atomic E-state index is -4.00. The maximum absolute atomic E-state index is 13.7. The quantitative estimate of drug-likeness (QED) is 0.0846. The molecule has 3 N–H and O–H groups in total. The molecule has 2 aromatic carbocycles. The van der Waals surface area contributed by atoms with E-state index in [4.69, 9.17) is 18.1 Å². The highest BCUT2D eigenvalue weighted by Crippen LogP contribution is 2.71. The Labute approximate surface area is 249 Å². The summed E-state index contributed by atoms with van der Waals surface area (Å²) in [7, 11) is -7.99. The molecule has 0 aliphatic rings. The normalized spacial score (nSPS) is 12.8. The number of phenolic OH excluding ortho intramolecular Hbond substituents is 2. The van der Waals surface area contributed by atoms with Crippen LogP contribution in [0.4, 0.5) is 5.69 Å². The minimum Gasteiger partial charge on any atom is -0.508 e. The smallest absolute Gasteiger partial charge is 0.345 e. The second-order valence-corrected chi connectivity index (χ2v) is 14.1. The van der Waals surface area contributed by atoms with Crippen molar-refractivity contribution in [2.45, 2.75) is 72.6 Å². The summed E-state index contributed by atoms with van der Waals surface area (Å²) in [4.78, 5) is 13.1. The molecule has 0 aliphatic carbocycles. The monoisotopic (exact) mass is 625 g/mol. The van der Waals surface area contributed by atoms with Gasteiger partial charge in [0.25, 0.3) is 0 Å². The van der Waals surface area contributed by atoms with Crippen molar-refractivity contribution in [1.29, 1.82) is 0 Å². The molecule has 0 aromatic heterocycles. The zero-order valence-corrected chi connectivity index (χ0v) is 27.2. The van der Waals surface area contributed by atoms with E-state index in [0.29, 0.717) is 6.42 Å². The number of hydrogen-bond acceptors (Lipinski definition) is 9. The van der Waals surface area contributed by atoms with E-state index in [9.17, 15) is 24.1 Å². The van der Waals surface area contributed by atoms with Crippen molar-refractivity contribution in [3.05, 3.63) is 53.6 Å². The average molecular weight is 626 g/mol. The zero-order chi connectivity index (χ0) is 31.3. The van der Waals surface area contributed by atoms with Gasteiger partial charge in [-0.15, -0.1) is 0 Å². The van der Waals surface area contributed by atoms with Gasteiger partial charge in [-0.2, -0.15) is 0 Å². The Bertz CT molecular complexity index is 1240. The zero-order valence-electron chi connectivity index (χ0n) is 25.4. The number of hydrogen-bond donors (Lipinski definition) is 3. The van der Waals surface area contributed by atoms with Crippen molar-refractivity contribution < 1.29 is 42.2 Å². The van der Waals surface area contributed by atoms with Crippen molar-refractivity contribution in [3.8, 4) is 11.5 Å². The Hall–Kier alpha value is -2.45. The van der Waals surface area contributed by atoms with E-state index in [1.54, 1.807) is 52.0 Å². The van der Waals surface area contributed by atoms with Crippen molar-refractivity contribution in [3.63, 3.8) is 0 Å². The minimum absolute atomic E-state index is 0.0378. The Balaban J connectivity index is 2.39. The van der Waals surface area contributed by atoms with Crippen LogP contribution in [0.2, 0.25) is 0 Å². The van der Waals surface area contributed by atoms with Crippen LogP contribution >= 0.6 is 15.2 Å². The first-order valence-electron chi connectivity index (χ1n) is 14.4. The number of carbonyl (C=O) groups excluding carboxylic acids is 1. The molecule has 0 bridgehead atoms. The summed E-state index contributed by atoms with van der Waals surface area (Å²) >= 11 is 0. The molecular formula is C30H45NO9P2. The molecule has 0 saturated carbocycles. The van der Waals surface area contributed by atoms with Crippen molar-refractivity contribution in [2.24, 2.45) is 0 Å². The third-order valence-electron chi connectivity index (χ3n) is 6.50. The van der Waals surface area contributed by atoms with E-state index in [1.165, 1.54) is 6.07 Å². The Kier molecular flexibility index (Phi) is 14.5. The van der Waals surface area contributed by atoms with Gasteiger partial charge < -0.3 is 33.6 Å². The fourth-order valence-corrected chi connectivity index (χ4v) is 10.1. The highest BCUT2D eigenvalue weighted by atomic mass is 31.2. The number of benzene rings is 2. The van der Waals surface area contributed by atoms with Crippen molar-refractivity contribution in [1.82, 2.24) is 0 Å². The van der Waals surface area contributed by atoms with E-state index in [0.717, 1.165) is 28.7 Å². The van der Waals surface area contributed by atoms with E-state index in [-0.39, 0.29) is 56.5 Å². The SMILES string of the molecule is CCOP(=O)(OCC)C(CCC(=O)Nc1cc(C(CC)=C(CC)c2ccc(O)cc2)ccc1O)P(=O)(OCC)OCC. The first-order valence-corrected chi connectivity index (χ1v) is 17.7. The Morgan fingerprint density at radius 2 is 1.19 bits per heavy atom. The lowest BCUT2D eigenvalue weighted by atomic mass is 9.91. The standard InChI is InChI=1S/C30H45NO9P2/c1-7-25(22-13-16-24(32)17-14-22)26(8-2)23-15-18-28(33)27(21-23)31-29(34)19-20-30(41(35,37-9-3)38-10-4)42(36,39-11-5)40-12-6/h13-18,21,30,32-33H,7-12,19-20H2,1-6H3,(H,31,34). The molecule has 0 spiro atoms. The first-order chi connectivity index (χ1) is 20.0. The van der Waals surface area contributed by atoms with Gasteiger partial charge in [0.15, 0.2) is 5.40 Å². The maximum Gasteiger partial charge on any atom is 0.345 e. The number of carbonyl (C=O) groups is 1. The molecule has 2 rings (SSSR count). The van der Waals surface area contributed by atoms with Gasteiger partial charge in [-0.25, -0.2) is 0 Å². The van der Waals surface area contributed by atoms with Crippen LogP contribution in [0.3, 0.4) is 0 Å². The molecule has 0 saturated heterocycles. The lowest BCUT2D eigenvalue weighted by Crippen LogP contribution is -2.21. The number of allylic oxidation sites excluding steroid dienone is 2. The number of rotatable bonds is 18. The maximum atomic E-state index is 13.7. The Morgan fingerprint density at radius 1 is 0.738 bits per heavy atom. The summed E-state index contributed by atoms with van der Waals surface area (Å²) in [6, 6.07) is 12.0. The topological polar surface area (TPSA) is 141 Å². The third-order valence-corrected chi connectivity index (χ3v) is 12.6. The lowest BCUT2D eigenvalue weighted by Gasteiger charge is -2.31. The van der Waals surface area contributed by atoms with Crippen LogP contribution in [0.5, 0.6) is 11.5 Å². The van der Waals surface area contributed by atoms with Crippen LogP contribution < -0.4 is 5.32 Å². The van der Waals surface area contributed by atoms with Gasteiger partial charge in [-0.3, -0.25) is 13.9 Å². The molecule has 0 aliphatic heterocycles. The summed E-state index contributed by atoms with van der Waals surface area (Å²) in [5, 5.41) is 21.7. The molecule has 2 aromatic rings. The van der Waals surface area contributed by atoms with E-state index < -0.39 is 26.5 Å². The van der Waals surface area contributed by atoms with Gasteiger partial charge in [0.1, 0.15) is 11.5 Å². The fourth-order valence-electron chi connectivity index (χ4n) is 4.77. The number of anilines is 1. The number of nitrogens with one attached hydrogen (secondary N) is 1. The van der Waals surface area contributed by atoms with Gasteiger partial charge >= 0.3 is 15.2 Å². The van der Waals surface area contributed by atoms with Gasteiger partial charge in [0, 0.05) is 6.42 Å². The van der Waals surface area contributed by atoms with E-state index in [1.807, 2.05) is 26.0 Å². The summed E-state index contributed by atoms with van der Waals surface area (Å²) in [6.45, 7) is 10.8. The van der Waals surface area contributed by atoms with Crippen molar-refractivity contribution in [2.75, 3.05) is 31.7 Å². The second kappa shape index (κ2) is 17.0. The fraction of sp³-hybridized carbons (Fsp3) is 0.500. The predicted molar refractivity (Wildman–Crippen MR) is 167 cm³/mol. The molecule has 0 atom stereocenters. The number of amides is 1. The molecule has 1 amide bonds. The molecule has 10 nitrogen and oxygen atoms in total. The highest BCUT2D eigenvalue weighted by molar-refractivity contribution is 7.72. The summed E-state index contributed by atoms with van der Waals surface area (Å²) in [6.07, 6.45) is 1.05. The second-order valence-electron chi connectivity index (χ2n) is 9.26. The van der Waals surface area contributed by atoms with E-state index in [2.05, 4.69) is 5.32 Å². The number of aromatic hydroxyl groups is 2. The summed E-state index contributed by atoms with van der Waals surface area (Å²) in [5.41, 5.74) is 4.11. The molecule has 0 fully saturated rings. The van der Waals surface area contributed by atoms with Crippen LogP contribution in [0.1, 0.15) is 78.4 Å². The largest absolute Gasteiger partial charge is 0.508 e. The summed E-state index contributed by atoms with van der Waals surface area (Å²) < 4.78 is 49.4. The Morgan fingerprint density at radius 3 is 1.64 bits per heavy atom. The van der Waals surface area contributed by atoms with Gasteiger partial charge in [-0.1, -0.05) is 32.0 Å². The lowest BCUT2D eigenvalue weighted by molar-refractivity contribution is -0.116. The highest BCUT2D eigenvalue weighted by Gasteiger charge is 2.50. The molecule has 234 valence electrons. The molecule has 0 unspecified atom stereocenters. The van der Waals surface area contributed by atoms with Gasteiger partial charge in [0.2, 0.25) is 5.91 Å². The molecule has 0 radical (unpaired) electrons. The van der Waals surface area contributed by atoms with Crippen LogP contribution in [0, 0.1) is 0 Å². The number of phenols is 2. The van der Waals surface area contributed by atoms with Crippen LogP contribution in [-0.2, 0) is 32.0 Å². The van der Waals surface area contributed by atoms with Crippen molar-refractivity contribution >= 4 is 37.9 Å².